The van der Waals surface area contributed by atoms with E-state index in [-0.39, 0.29) is 0 Å². The zero-order chi connectivity index (χ0) is 12.1. The predicted molar refractivity (Wildman–Crippen MR) is 71.1 cm³/mol. The lowest BCUT2D eigenvalue weighted by Gasteiger charge is -2.30. The van der Waals surface area contributed by atoms with E-state index in [1.54, 1.807) is 0 Å². The van der Waals surface area contributed by atoms with Crippen molar-refractivity contribution in [3.05, 3.63) is 18.5 Å². The molecule has 16 heavy (non-hydrogen) atoms. The summed E-state index contributed by atoms with van der Waals surface area (Å²) in [5.41, 5.74) is 2.25. The lowest BCUT2D eigenvalue weighted by Crippen LogP contribution is -2.34. The molecule has 0 atom stereocenters. The fourth-order valence-corrected chi connectivity index (χ4v) is 1.73. The molecule has 1 aromatic heterocycles. The highest BCUT2D eigenvalue weighted by atomic mass is 15.2. The van der Waals surface area contributed by atoms with Crippen molar-refractivity contribution in [3.63, 3.8) is 0 Å². The monoisotopic (exact) mass is 221 g/mol. The van der Waals surface area contributed by atoms with E-state index in [0.29, 0.717) is 12.0 Å². The third-order valence-electron chi connectivity index (χ3n) is 2.53. The molecule has 1 N–H and O–H groups in total. The van der Waals surface area contributed by atoms with E-state index in [2.05, 4.69) is 49.0 Å². The summed E-state index contributed by atoms with van der Waals surface area (Å²) in [6, 6.07) is 2.64. The summed E-state index contributed by atoms with van der Waals surface area (Å²) >= 11 is 0. The molecule has 0 spiro atoms. The van der Waals surface area contributed by atoms with E-state index < -0.39 is 0 Å². The normalized spacial score (nSPS) is 10.9. The quantitative estimate of drug-likeness (QED) is 0.828. The maximum atomic E-state index is 4.26. The molecule has 0 radical (unpaired) electrons. The zero-order valence-electron chi connectivity index (χ0n) is 11.0. The molecule has 0 aliphatic heterocycles. The van der Waals surface area contributed by atoms with Gasteiger partial charge >= 0.3 is 0 Å². The van der Waals surface area contributed by atoms with Gasteiger partial charge in [0.1, 0.15) is 0 Å². The zero-order valence-corrected chi connectivity index (χ0v) is 11.0. The lowest BCUT2D eigenvalue weighted by atomic mass is 10.1. The van der Waals surface area contributed by atoms with Gasteiger partial charge in [-0.3, -0.25) is 4.98 Å². The van der Waals surface area contributed by atoms with Gasteiger partial charge in [-0.15, -0.1) is 0 Å². The molecule has 90 valence electrons. The van der Waals surface area contributed by atoms with Crippen LogP contribution in [0.3, 0.4) is 0 Å². The van der Waals surface area contributed by atoms with Crippen molar-refractivity contribution in [2.45, 2.75) is 33.7 Å². The summed E-state index contributed by atoms with van der Waals surface area (Å²) in [5, 5.41) is 3.13. The van der Waals surface area contributed by atoms with Gasteiger partial charge in [-0.1, -0.05) is 13.8 Å². The molecular formula is C13H23N3. The largest absolute Gasteiger partial charge is 0.387 e. The van der Waals surface area contributed by atoms with Crippen LogP contribution in [0.4, 0.5) is 11.4 Å². The summed E-state index contributed by atoms with van der Waals surface area (Å²) in [6.07, 6.45) is 3.78. The second-order valence-corrected chi connectivity index (χ2v) is 4.82. The van der Waals surface area contributed by atoms with Crippen LogP contribution in [-0.2, 0) is 0 Å². The molecule has 1 heterocycles. The number of anilines is 2. The third-order valence-corrected chi connectivity index (χ3v) is 2.53. The van der Waals surface area contributed by atoms with Gasteiger partial charge in [0.05, 0.1) is 23.8 Å². The van der Waals surface area contributed by atoms with E-state index >= 15 is 0 Å². The van der Waals surface area contributed by atoms with Crippen LogP contribution in [0, 0.1) is 5.92 Å². The van der Waals surface area contributed by atoms with Gasteiger partial charge in [0.2, 0.25) is 0 Å². The van der Waals surface area contributed by atoms with Crippen LogP contribution in [0.1, 0.15) is 27.7 Å². The number of pyridine rings is 1. The number of hydrogen-bond donors (Lipinski definition) is 1. The molecule has 0 aliphatic carbocycles. The molecule has 0 unspecified atom stereocenters. The fraction of sp³-hybridized carbons (Fsp3) is 0.615. The third kappa shape index (κ3) is 3.40. The molecule has 3 heteroatoms. The predicted octanol–water partition coefficient (Wildman–Crippen LogP) is 2.99. The highest BCUT2D eigenvalue weighted by Gasteiger charge is 2.12. The van der Waals surface area contributed by atoms with Crippen molar-refractivity contribution in [1.82, 2.24) is 4.98 Å². The van der Waals surface area contributed by atoms with Crippen LogP contribution in [0.2, 0.25) is 0 Å². The van der Waals surface area contributed by atoms with Gasteiger partial charge in [-0.25, -0.2) is 0 Å². The number of rotatable bonds is 5. The molecule has 0 aromatic carbocycles. The van der Waals surface area contributed by atoms with Crippen molar-refractivity contribution in [2.75, 3.05) is 23.8 Å². The van der Waals surface area contributed by atoms with Gasteiger partial charge in [0, 0.05) is 19.6 Å². The minimum absolute atomic E-state index is 0.497. The van der Waals surface area contributed by atoms with Gasteiger partial charge in [0.25, 0.3) is 0 Å². The number of nitrogens with one attached hydrogen (secondary N) is 1. The SMILES string of the molecule is CNc1cncc(N(CC(C)C)C(C)C)c1. The van der Waals surface area contributed by atoms with E-state index in [0.717, 1.165) is 12.2 Å². The Morgan fingerprint density at radius 2 is 1.94 bits per heavy atom. The fourth-order valence-electron chi connectivity index (χ4n) is 1.73. The molecule has 0 aliphatic rings. The minimum atomic E-state index is 0.497. The van der Waals surface area contributed by atoms with E-state index in [1.165, 1.54) is 5.69 Å². The molecule has 0 amide bonds. The van der Waals surface area contributed by atoms with Crippen LogP contribution < -0.4 is 10.2 Å². The Balaban J connectivity index is 2.91. The maximum absolute atomic E-state index is 4.26. The Kier molecular flexibility index (Phi) is 4.59. The summed E-state index contributed by atoms with van der Waals surface area (Å²) in [6.45, 7) is 9.98. The smallest absolute Gasteiger partial charge is 0.0575 e. The Labute approximate surface area is 98.9 Å². The Morgan fingerprint density at radius 3 is 2.44 bits per heavy atom. The van der Waals surface area contributed by atoms with Crippen LogP contribution in [-0.4, -0.2) is 24.6 Å². The van der Waals surface area contributed by atoms with Crippen molar-refractivity contribution in [3.8, 4) is 0 Å². The second kappa shape index (κ2) is 5.73. The highest BCUT2D eigenvalue weighted by molar-refractivity contribution is 5.55. The first kappa shape index (κ1) is 12.8. The molecule has 0 bridgehead atoms. The van der Waals surface area contributed by atoms with Crippen LogP contribution >= 0.6 is 0 Å². The molecule has 1 aromatic rings. The highest BCUT2D eigenvalue weighted by Crippen LogP contribution is 2.20. The molecule has 1 rings (SSSR count). The molecule has 0 saturated heterocycles. The first-order chi connectivity index (χ1) is 7.54. The van der Waals surface area contributed by atoms with E-state index in [4.69, 9.17) is 0 Å². The number of aromatic nitrogens is 1. The summed E-state index contributed by atoms with van der Waals surface area (Å²) in [5.74, 6) is 0.653. The molecule has 3 nitrogen and oxygen atoms in total. The number of hydrogen-bond acceptors (Lipinski definition) is 3. The standard InChI is InChI=1S/C13H23N3/c1-10(2)9-16(11(3)4)13-6-12(14-5)7-15-8-13/h6-8,10-11,14H,9H2,1-5H3. The average Bonchev–Trinajstić information content (AvgIpc) is 2.25. The molecule has 0 saturated carbocycles. The van der Waals surface area contributed by atoms with E-state index in [9.17, 15) is 0 Å². The van der Waals surface area contributed by atoms with Gasteiger partial charge in [-0.05, 0) is 25.8 Å². The van der Waals surface area contributed by atoms with Gasteiger partial charge < -0.3 is 10.2 Å². The van der Waals surface area contributed by atoms with E-state index in [1.807, 2.05) is 19.4 Å². The van der Waals surface area contributed by atoms with Crippen molar-refractivity contribution >= 4 is 11.4 Å². The van der Waals surface area contributed by atoms with Crippen LogP contribution in [0.15, 0.2) is 18.5 Å². The van der Waals surface area contributed by atoms with Crippen molar-refractivity contribution in [2.24, 2.45) is 5.92 Å². The van der Waals surface area contributed by atoms with Gasteiger partial charge in [-0.2, -0.15) is 0 Å². The first-order valence-electron chi connectivity index (χ1n) is 5.94. The summed E-state index contributed by atoms with van der Waals surface area (Å²) in [4.78, 5) is 6.65. The minimum Gasteiger partial charge on any atom is -0.387 e. The summed E-state index contributed by atoms with van der Waals surface area (Å²) in [7, 11) is 1.92. The Morgan fingerprint density at radius 1 is 1.25 bits per heavy atom. The Hall–Kier alpha value is -1.25. The lowest BCUT2D eigenvalue weighted by molar-refractivity contribution is 0.570. The Bertz CT molecular complexity index is 321. The molecular weight excluding hydrogens is 198 g/mol. The van der Waals surface area contributed by atoms with Crippen LogP contribution in [0.25, 0.3) is 0 Å². The molecule has 0 fully saturated rings. The average molecular weight is 221 g/mol. The van der Waals surface area contributed by atoms with Crippen molar-refractivity contribution < 1.29 is 0 Å². The van der Waals surface area contributed by atoms with Gasteiger partial charge in [0.15, 0.2) is 0 Å². The summed E-state index contributed by atoms with van der Waals surface area (Å²) < 4.78 is 0. The number of nitrogens with zero attached hydrogens (tertiary/aromatic N) is 2. The first-order valence-corrected chi connectivity index (χ1v) is 5.94. The maximum Gasteiger partial charge on any atom is 0.0575 e. The van der Waals surface area contributed by atoms with Crippen LogP contribution in [0.5, 0.6) is 0 Å². The topological polar surface area (TPSA) is 28.2 Å². The van der Waals surface area contributed by atoms with Crippen molar-refractivity contribution in [1.29, 1.82) is 0 Å². The second-order valence-electron chi connectivity index (χ2n) is 4.82.